The maximum atomic E-state index is 13.6. The Morgan fingerprint density at radius 3 is 2.96 bits per heavy atom. The van der Waals surface area contributed by atoms with Crippen LogP contribution in [0.25, 0.3) is 0 Å². The maximum Gasteiger partial charge on any atom is 0.124 e. The second-order valence-electron chi connectivity index (χ2n) is 5.55. The van der Waals surface area contributed by atoms with Crippen LogP contribution in [0.4, 0.5) is 10.1 Å². The predicted octanol–water partition coefficient (Wildman–Crippen LogP) is 3.65. The summed E-state index contributed by atoms with van der Waals surface area (Å²) in [5.41, 5.74) is 2.39. The maximum absolute atomic E-state index is 13.6. The zero-order valence-electron chi connectivity index (χ0n) is 13.0. The van der Waals surface area contributed by atoms with Crippen molar-refractivity contribution in [3.05, 3.63) is 53.3 Å². The number of ether oxygens (including phenoxy) is 2. The number of hydrogen-bond donors (Lipinski definition) is 2. The van der Waals surface area contributed by atoms with E-state index in [2.05, 4.69) is 5.32 Å². The molecule has 2 N–H and O–H groups in total. The Labute approximate surface area is 134 Å². The summed E-state index contributed by atoms with van der Waals surface area (Å²) in [6.45, 7) is 0.527. The van der Waals surface area contributed by atoms with Gasteiger partial charge in [-0.1, -0.05) is 0 Å². The second-order valence-corrected chi connectivity index (χ2v) is 5.55. The van der Waals surface area contributed by atoms with E-state index in [0.29, 0.717) is 17.9 Å². The minimum Gasteiger partial charge on any atom is -0.496 e. The highest BCUT2D eigenvalue weighted by atomic mass is 19.1. The van der Waals surface area contributed by atoms with Crippen LogP contribution in [0.5, 0.6) is 11.5 Å². The number of fused-ring (bicyclic) bond motifs is 1. The Kier molecular flexibility index (Phi) is 4.67. The van der Waals surface area contributed by atoms with Gasteiger partial charge < -0.3 is 19.9 Å². The van der Waals surface area contributed by atoms with Gasteiger partial charge >= 0.3 is 0 Å². The summed E-state index contributed by atoms with van der Waals surface area (Å²) in [5, 5.41) is 12.9. The van der Waals surface area contributed by atoms with Crippen molar-refractivity contribution in [2.75, 3.05) is 19.0 Å². The highest BCUT2D eigenvalue weighted by Gasteiger charge is 2.20. The lowest BCUT2D eigenvalue weighted by atomic mass is 10.0. The van der Waals surface area contributed by atoms with Crippen LogP contribution in [0.3, 0.4) is 0 Å². The number of benzene rings is 2. The zero-order valence-corrected chi connectivity index (χ0v) is 13.0. The first kappa shape index (κ1) is 15.6. The van der Waals surface area contributed by atoms with E-state index in [1.165, 1.54) is 12.1 Å². The molecule has 4 nitrogen and oxygen atoms in total. The fraction of sp³-hybridized carbons (Fsp3) is 0.333. The Morgan fingerprint density at radius 1 is 1.30 bits per heavy atom. The molecular weight excluding hydrogens is 297 g/mol. The van der Waals surface area contributed by atoms with E-state index in [-0.39, 0.29) is 18.5 Å². The highest BCUT2D eigenvalue weighted by Crippen LogP contribution is 2.35. The number of halogens is 1. The number of aliphatic hydroxyl groups is 1. The van der Waals surface area contributed by atoms with Crippen molar-refractivity contribution < 1.29 is 19.0 Å². The van der Waals surface area contributed by atoms with E-state index in [4.69, 9.17) is 9.47 Å². The molecule has 23 heavy (non-hydrogen) atoms. The normalized spacial score (nSPS) is 16.9. The summed E-state index contributed by atoms with van der Waals surface area (Å²) >= 11 is 0. The quantitative estimate of drug-likeness (QED) is 0.904. The van der Waals surface area contributed by atoms with Crippen LogP contribution in [0.2, 0.25) is 0 Å². The fourth-order valence-corrected chi connectivity index (χ4v) is 2.89. The van der Waals surface area contributed by atoms with Crippen LogP contribution in [0.1, 0.15) is 30.0 Å². The molecule has 0 spiro atoms. The highest BCUT2D eigenvalue weighted by molar-refractivity contribution is 5.53. The van der Waals surface area contributed by atoms with Crippen LogP contribution in [0, 0.1) is 5.82 Å². The Balaban J connectivity index is 1.89. The van der Waals surface area contributed by atoms with Crippen LogP contribution in [-0.2, 0) is 6.61 Å². The van der Waals surface area contributed by atoms with Crippen LogP contribution in [0.15, 0.2) is 36.4 Å². The van der Waals surface area contributed by atoms with Gasteiger partial charge in [0, 0.05) is 16.8 Å². The van der Waals surface area contributed by atoms with Crippen molar-refractivity contribution in [2.24, 2.45) is 0 Å². The van der Waals surface area contributed by atoms with Gasteiger partial charge in [0.05, 0.1) is 26.4 Å². The monoisotopic (exact) mass is 317 g/mol. The van der Waals surface area contributed by atoms with E-state index in [1.54, 1.807) is 13.2 Å². The molecule has 2 aromatic rings. The van der Waals surface area contributed by atoms with Crippen molar-refractivity contribution in [3.8, 4) is 11.5 Å². The molecule has 0 saturated heterocycles. The number of methoxy groups -OCH3 is 1. The molecule has 5 heteroatoms. The van der Waals surface area contributed by atoms with Crippen LogP contribution in [-0.4, -0.2) is 18.8 Å². The largest absolute Gasteiger partial charge is 0.496 e. The molecule has 1 heterocycles. The molecule has 2 aromatic carbocycles. The standard InChI is InChI=1S/C18H20FNO3/c1-22-17-7-5-14(9-12(17)11-21)20-16-3-2-8-23-18-6-4-13(19)10-15(16)18/h4-7,9-10,16,20-21H,2-3,8,11H2,1H3. The molecule has 3 rings (SSSR count). The summed E-state index contributed by atoms with van der Waals surface area (Å²) in [4.78, 5) is 0. The van der Waals surface area contributed by atoms with E-state index in [1.807, 2.05) is 18.2 Å². The van der Waals surface area contributed by atoms with Crippen molar-refractivity contribution in [1.29, 1.82) is 0 Å². The first-order valence-electron chi connectivity index (χ1n) is 7.68. The topological polar surface area (TPSA) is 50.7 Å². The predicted molar refractivity (Wildman–Crippen MR) is 86.4 cm³/mol. The van der Waals surface area contributed by atoms with Gasteiger partial charge in [0.1, 0.15) is 17.3 Å². The lowest BCUT2D eigenvalue weighted by molar-refractivity contribution is 0.274. The molecule has 0 aliphatic carbocycles. The first-order valence-corrected chi connectivity index (χ1v) is 7.68. The Hall–Kier alpha value is -2.27. The molecule has 1 aliphatic rings. The molecule has 0 bridgehead atoms. The summed E-state index contributed by atoms with van der Waals surface area (Å²) in [6.07, 6.45) is 1.73. The molecule has 0 saturated carbocycles. The minimum atomic E-state index is -0.271. The third-order valence-corrected chi connectivity index (χ3v) is 4.03. The van der Waals surface area contributed by atoms with Crippen LogP contribution < -0.4 is 14.8 Å². The molecule has 1 atom stereocenters. The summed E-state index contributed by atoms with van der Waals surface area (Å²) in [5.74, 6) is 1.10. The fourth-order valence-electron chi connectivity index (χ4n) is 2.89. The average molecular weight is 317 g/mol. The van der Waals surface area contributed by atoms with E-state index in [0.717, 1.165) is 29.8 Å². The van der Waals surface area contributed by atoms with Crippen molar-refractivity contribution in [3.63, 3.8) is 0 Å². The second kappa shape index (κ2) is 6.87. The van der Waals surface area contributed by atoms with Crippen molar-refractivity contribution >= 4 is 5.69 Å². The van der Waals surface area contributed by atoms with Crippen molar-refractivity contribution in [1.82, 2.24) is 0 Å². The van der Waals surface area contributed by atoms with E-state index < -0.39 is 0 Å². The molecule has 1 aliphatic heterocycles. The minimum absolute atomic E-state index is 0.0388. The number of rotatable bonds is 4. The molecular formula is C18H20FNO3. The lowest BCUT2D eigenvalue weighted by Crippen LogP contribution is -2.11. The van der Waals surface area contributed by atoms with Crippen molar-refractivity contribution in [2.45, 2.75) is 25.5 Å². The number of anilines is 1. The van der Waals surface area contributed by atoms with Gasteiger partial charge in [-0.3, -0.25) is 0 Å². The van der Waals surface area contributed by atoms with Gasteiger partial charge in [-0.05, 0) is 49.2 Å². The summed E-state index contributed by atoms with van der Waals surface area (Å²) < 4.78 is 24.5. The summed E-state index contributed by atoms with van der Waals surface area (Å²) in [6, 6.07) is 10.1. The third-order valence-electron chi connectivity index (χ3n) is 4.03. The third kappa shape index (κ3) is 3.40. The molecule has 0 fully saturated rings. The van der Waals surface area contributed by atoms with Gasteiger partial charge in [-0.15, -0.1) is 0 Å². The van der Waals surface area contributed by atoms with Gasteiger partial charge in [0.15, 0.2) is 0 Å². The van der Waals surface area contributed by atoms with Gasteiger partial charge in [-0.2, -0.15) is 0 Å². The van der Waals surface area contributed by atoms with Gasteiger partial charge in [-0.25, -0.2) is 4.39 Å². The SMILES string of the molecule is COc1ccc(NC2CCCOc3ccc(F)cc32)cc1CO. The number of aliphatic hydroxyl groups excluding tert-OH is 1. The van der Waals surface area contributed by atoms with E-state index in [9.17, 15) is 9.50 Å². The molecule has 122 valence electrons. The lowest BCUT2D eigenvalue weighted by Gasteiger charge is -2.20. The smallest absolute Gasteiger partial charge is 0.124 e. The van der Waals surface area contributed by atoms with E-state index >= 15 is 0 Å². The number of nitrogens with one attached hydrogen (secondary N) is 1. The first-order chi connectivity index (χ1) is 11.2. The average Bonchev–Trinajstić information content (AvgIpc) is 2.77. The van der Waals surface area contributed by atoms with Crippen LogP contribution >= 0.6 is 0 Å². The zero-order chi connectivity index (χ0) is 16.2. The molecule has 1 unspecified atom stereocenters. The Morgan fingerprint density at radius 2 is 2.17 bits per heavy atom. The molecule has 0 amide bonds. The summed E-state index contributed by atoms with van der Waals surface area (Å²) in [7, 11) is 1.57. The van der Waals surface area contributed by atoms with Gasteiger partial charge in [0.25, 0.3) is 0 Å². The van der Waals surface area contributed by atoms with Gasteiger partial charge in [0.2, 0.25) is 0 Å². The Bertz CT molecular complexity index is 690. The number of hydrogen-bond acceptors (Lipinski definition) is 4. The molecule has 0 radical (unpaired) electrons. The molecule has 0 aromatic heterocycles.